The summed E-state index contributed by atoms with van der Waals surface area (Å²) in [5, 5.41) is 0. The first-order valence-corrected chi connectivity index (χ1v) is 12.8. The molecule has 0 radical (unpaired) electrons. The van der Waals surface area contributed by atoms with Crippen LogP contribution in [0.3, 0.4) is 0 Å². The van der Waals surface area contributed by atoms with E-state index in [4.69, 9.17) is 6.42 Å². The maximum absolute atomic E-state index is 12.9. The summed E-state index contributed by atoms with van der Waals surface area (Å²) in [5.74, 6) is -1.82. The molecule has 5 rings (SSSR count). The highest BCUT2D eigenvalue weighted by Crippen LogP contribution is 2.30. The van der Waals surface area contributed by atoms with Crippen molar-refractivity contribution < 1.29 is 31.2 Å². The Hall–Kier alpha value is -4.88. The predicted octanol–water partition coefficient (Wildman–Crippen LogP) is 5.73. The zero-order chi connectivity index (χ0) is 28.2. The van der Waals surface area contributed by atoms with E-state index >= 15 is 0 Å². The van der Waals surface area contributed by atoms with E-state index in [0.29, 0.717) is 12.1 Å². The number of nitrogens with one attached hydrogen (secondary N) is 1. The molecule has 0 spiro atoms. The average molecular weight is 549 g/mol. The molecule has 1 N–H and O–H groups in total. The fourth-order valence-corrected chi connectivity index (χ4v) is 4.69. The smallest absolute Gasteiger partial charge is 0.268 e. The number of sulfonamides is 1. The molecule has 2 aliphatic rings. The average Bonchev–Trinajstić information content (AvgIpc) is 2.91. The summed E-state index contributed by atoms with van der Waals surface area (Å²) in [6, 6.07) is 26.8. The number of fused-ring (bicyclic) bond motifs is 1. The van der Waals surface area contributed by atoms with Crippen LogP contribution in [0.5, 0.6) is 0 Å². The van der Waals surface area contributed by atoms with E-state index in [1.165, 1.54) is 41.5 Å². The number of para-hydroxylation sites is 1. The molecule has 0 saturated heterocycles. The fourth-order valence-electron chi connectivity index (χ4n) is 3.53. The van der Waals surface area contributed by atoms with Crippen molar-refractivity contribution in [2.24, 2.45) is 0 Å². The first-order chi connectivity index (χ1) is 18.5. The van der Waals surface area contributed by atoms with Crippen molar-refractivity contribution in [3.63, 3.8) is 0 Å². The number of hydrogen-bond donors (Lipinski definition) is 1. The summed E-state index contributed by atoms with van der Waals surface area (Å²) in [7, 11) is -4.56. The van der Waals surface area contributed by atoms with Crippen LogP contribution in [0.15, 0.2) is 108 Å². The highest BCUT2D eigenvalue weighted by Gasteiger charge is 2.31. The quantitative estimate of drug-likeness (QED) is 0.225. The van der Waals surface area contributed by atoms with E-state index in [1.807, 2.05) is 0 Å². The van der Waals surface area contributed by atoms with Crippen LogP contribution in [0.2, 0.25) is 0 Å². The van der Waals surface area contributed by atoms with E-state index in [1.54, 1.807) is 22.9 Å². The summed E-state index contributed by atoms with van der Waals surface area (Å²) in [4.78, 5) is 25.5. The highest BCUT2D eigenvalue weighted by molar-refractivity contribution is 7.90. The van der Waals surface area contributed by atoms with Gasteiger partial charge >= 0.3 is 6.18 Å². The van der Waals surface area contributed by atoms with Crippen LogP contribution in [0.25, 0.3) is 11.1 Å². The van der Waals surface area contributed by atoms with Gasteiger partial charge < -0.3 is 0 Å². The van der Waals surface area contributed by atoms with Crippen LogP contribution < -0.4 is 9.62 Å². The summed E-state index contributed by atoms with van der Waals surface area (Å²) in [5.41, 5.74) is 1.58. The van der Waals surface area contributed by atoms with Crippen molar-refractivity contribution in [2.75, 3.05) is 4.90 Å². The minimum absolute atomic E-state index is 0.179. The molecule has 0 aromatic heterocycles. The number of rotatable bonds is 5. The molecule has 2 aliphatic carbocycles. The first-order valence-electron chi connectivity index (χ1n) is 11.3. The van der Waals surface area contributed by atoms with E-state index in [9.17, 15) is 31.2 Å². The lowest BCUT2D eigenvalue weighted by Crippen LogP contribution is -2.33. The summed E-state index contributed by atoms with van der Waals surface area (Å²) in [6.45, 7) is 0. The topological polar surface area (TPSA) is 83.6 Å². The Morgan fingerprint density at radius 3 is 1.77 bits per heavy atom. The number of hydrogen-bond acceptors (Lipinski definition) is 4. The minimum atomic E-state index is -4.61. The van der Waals surface area contributed by atoms with Crippen molar-refractivity contribution in [3.8, 4) is 23.6 Å². The maximum Gasteiger partial charge on any atom is 0.416 e. The molecule has 6 nitrogen and oxygen atoms in total. The van der Waals surface area contributed by atoms with Crippen LogP contribution in [0.1, 0.15) is 26.3 Å². The third-order valence-corrected chi connectivity index (χ3v) is 7.05. The largest absolute Gasteiger partial charge is 0.416 e. The summed E-state index contributed by atoms with van der Waals surface area (Å²) >= 11 is 0. The Morgan fingerprint density at radius 2 is 1.28 bits per heavy atom. The molecule has 0 fully saturated rings. The Bertz CT molecular complexity index is 1640. The Balaban J connectivity index is 0.000000508. The SMILES string of the molecule is C#CN(C(=O)c1ccccc1)c1ccccc1S(=O)(=O)NC(=O)c1ccc(C(F)(F)F)cc1.c1cc2ccc1-2. The molecule has 2 amide bonds. The van der Waals surface area contributed by atoms with Gasteiger partial charge in [-0.05, 0) is 59.7 Å². The molecule has 3 aromatic carbocycles. The molecule has 0 saturated carbocycles. The van der Waals surface area contributed by atoms with Crippen molar-refractivity contribution in [2.45, 2.75) is 11.1 Å². The Kier molecular flexibility index (Phi) is 7.56. The lowest BCUT2D eigenvalue weighted by atomic mass is 9.95. The van der Waals surface area contributed by atoms with Crippen LogP contribution in [-0.4, -0.2) is 20.2 Å². The second-order valence-electron chi connectivity index (χ2n) is 8.19. The van der Waals surface area contributed by atoms with Gasteiger partial charge in [-0.25, -0.2) is 18.0 Å². The van der Waals surface area contributed by atoms with Crippen LogP contribution >= 0.6 is 0 Å². The van der Waals surface area contributed by atoms with E-state index < -0.39 is 38.5 Å². The molecular weight excluding hydrogens is 529 g/mol. The summed E-state index contributed by atoms with van der Waals surface area (Å²) < 4.78 is 65.8. The van der Waals surface area contributed by atoms with Gasteiger partial charge in [-0.15, -0.1) is 0 Å². The molecule has 0 bridgehead atoms. The number of terminal acetylenes is 1. The predicted molar refractivity (Wildman–Crippen MR) is 140 cm³/mol. The van der Waals surface area contributed by atoms with Gasteiger partial charge in [0, 0.05) is 17.2 Å². The Labute approximate surface area is 222 Å². The normalized spacial score (nSPS) is 11.3. The molecule has 0 aliphatic heterocycles. The molecule has 0 unspecified atom stereocenters. The van der Waals surface area contributed by atoms with Gasteiger partial charge in [0.25, 0.3) is 21.8 Å². The van der Waals surface area contributed by atoms with Gasteiger partial charge in [0.1, 0.15) is 4.90 Å². The lowest BCUT2D eigenvalue weighted by Gasteiger charge is -2.19. The monoisotopic (exact) mass is 548 g/mol. The molecule has 39 heavy (non-hydrogen) atoms. The van der Waals surface area contributed by atoms with Crippen LogP contribution in [0.4, 0.5) is 18.9 Å². The number of alkyl halides is 3. The molecule has 0 atom stereocenters. The van der Waals surface area contributed by atoms with Gasteiger partial charge in [0.05, 0.1) is 11.3 Å². The van der Waals surface area contributed by atoms with E-state index in [2.05, 4.69) is 30.3 Å². The molecule has 10 heteroatoms. The second kappa shape index (κ2) is 10.8. The maximum atomic E-state index is 12.9. The molecular formula is C29H19F3N2O4S. The minimum Gasteiger partial charge on any atom is -0.268 e. The molecule has 3 aromatic rings. The highest BCUT2D eigenvalue weighted by atomic mass is 32.2. The van der Waals surface area contributed by atoms with Crippen molar-refractivity contribution >= 4 is 27.5 Å². The number of nitrogens with zero attached hydrogens (tertiary/aromatic N) is 1. The van der Waals surface area contributed by atoms with Gasteiger partial charge in [-0.3, -0.25) is 9.59 Å². The second-order valence-corrected chi connectivity index (χ2v) is 9.84. The molecule has 196 valence electrons. The van der Waals surface area contributed by atoms with Crippen molar-refractivity contribution in [3.05, 3.63) is 120 Å². The fraction of sp³-hybridized carbons (Fsp3) is 0.0345. The van der Waals surface area contributed by atoms with Crippen LogP contribution in [0, 0.1) is 12.5 Å². The van der Waals surface area contributed by atoms with Gasteiger partial charge in [-0.1, -0.05) is 61.0 Å². The van der Waals surface area contributed by atoms with E-state index in [0.717, 1.165) is 23.1 Å². The third-order valence-electron chi connectivity index (χ3n) is 5.67. The zero-order valence-corrected chi connectivity index (χ0v) is 20.8. The zero-order valence-electron chi connectivity index (χ0n) is 20.0. The number of benzene rings is 4. The van der Waals surface area contributed by atoms with Gasteiger partial charge in [-0.2, -0.15) is 13.2 Å². The van der Waals surface area contributed by atoms with Crippen molar-refractivity contribution in [1.29, 1.82) is 0 Å². The number of amides is 2. The standard InChI is InChI=1S/C23H15F3N2O4S.C6H4/c1-2-28(22(30)17-8-4-3-5-9-17)19-10-6-7-11-20(19)33(31,32)27-21(29)16-12-14-18(15-13-16)23(24,25)26;1-2-6-4-3-5(1)6/h1,3-15H,(H,27,29);1-4H. The number of halogens is 3. The van der Waals surface area contributed by atoms with Gasteiger partial charge in [0.2, 0.25) is 0 Å². The Morgan fingerprint density at radius 1 is 0.744 bits per heavy atom. The van der Waals surface area contributed by atoms with Crippen molar-refractivity contribution in [1.82, 2.24) is 4.72 Å². The summed E-state index contributed by atoms with van der Waals surface area (Å²) in [6.07, 6.45) is 0.871. The van der Waals surface area contributed by atoms with E-state index in [-0.39, 0.29) is 16.8 Å². The number of anilines is 1. The lowest BCUT2D eigenvalue weighted by molar-refractivity contribution is -0.137. The number of carbonyl (C=O) groups is 2. The molecule has 0 heterocycles. The number of carbonyl (C=O) groups excluding carboxylic acids is 2. The van der Waals surface area contributed by atoms with Gasteiger partial charge in [0.15, 0.2) is 0 Å². The first kappa shape index (κ1) is 27.2. The third kappa shape index (κ3) is 6.00. The van der Waals surface area contributed by atoms with Crippen LogP contribution in [-0.2, 0) is 16.2 Å².